The van der Waals surface area contributed by atoms with Gasteiger partial charge < -0.3 is 14.7 Å². The lowest BCUT2D eigenvalue weighted by molar-refractivity contribution is -0.207. The molecule has 0 spiro atoms. The standard InChI is InChI=1S/C10H16F3NO3/c1-6-7(3-4-17-6)9(16)14(2)5-8(15)10(11,12)13/h6-8,15H,3-5H2,1-2H3/t6-,7-,8+/m0/s1. The van der Waals surface area contributed by atoms with E-state index in [0.717, 1.165) is 4.90 Å². The predicted octanol–water partition coefficient (Wildman–Crippen LogP) is 0.793. The van der Waals surface area contributed by atoms with Gasteiger partial charge in [-0.05, 0) is 13.3 Å². The minimum atomic E-state index is -4.70. The topological polar surface area (TPSA) is 49.8 Å². The van der Waals surface area contributed by atoms with E-state index < -0.39 is 30.7 Å². The molecule has 100 valence electrons. The van der Waals surface area contributed by atoms with Crippen molar-refractivity contribution in [3.05, 3.63) is 0 Å². The van der Waals surface area contributed by atoms with Crippen LogP contribution in [0.4, 0.5) is 13.2 Å². The third kappa shape index (κ3) is 3.57. The maximum absolute atomic E-state index is 12.1. The molecular formula is C10H16F3NO3. The van der Waals surface area contributed by atoms with E-state index in [4.69, 9.17) is 9.84 Å². The summed E-state index contributed by atoms with van der Waals surface area (Å²) in [7, 11) is 1.25. The Morgan fingerprint density at radius 1 is 1.59 bits per heavy atom. The predicted molar refractivity (Wildman–Crippen MR) is 53.2 cm³/mol. The van der Waals surface area contributed by atoms with Gasteiger partial charge in [0.05, 0.1) is 18.6 Å². The number of alkyl halides is 3. The van der Waals surface area contributed by atoms with Crippen molar-refractivity contribution >= 4 is 5.91 Å². The molecule has 0 unspecified atom stereocenters. The van der Waals surface area contributed by atoms with E-state index >= 15 is 0 Å². The van der Waals surface area contributed by atoms with E-state index in [1.807, 2.05) is 0 Å². The minimum absolute atomic E-state index is 0.284. The molecule has 1 N–H and O–H groups in total. The molecule has 0 radical (unpaired) electrons. The van der Waals surface area contributed by atoms with Crippen molar-refractivity contribution in [3.8, 4) is 0 Å². The fraction of sp³-hybridized carbons (Fsp3) is 0.900. The average molecular weight is 255 g/mol. The van der Waals surface area contributed by atoms with Gasteiger partial charge in [-0.25, -0.2) is 0 Å². The SMILES string of the molecule is C[C@@H]1OCC[C@@H]1C(=O)N(C)C[C@@H](O)C(F)(F)F. The number of likely N-dealkylation sites (N-methyl/N-ethyl adjacent to an activating group) is 1. The highest BCUT2D eigenvalue weighted by atomic mass is 19.4. The minimum Gasteiger partial charge on any atom is -0.382 e. The number of carbonyl (C=O) groups excluding carboxylic acids is 1. The Kier molecular flexibility index (Phi) is 4.37. The summed E-state index contributed by atoms with van der Waals surface area (Å²) >= 11 is 0. The molecule has 0 aromatic heterocycles. The normalized spacial score (nSPS) is 26.9. The zero-order chi connectivity index (χ0) is 13.2. The van der Waals surface area contributed by atoms with Crippen LogP contribution < -0.4 is 0 Å². The second kappa shape index (κ2) is 5.22. The van der Waals surface area contributed by atoms with Gasteiger partial charge in [-0.1, -0.05) is 0 Å². The average Bonchev–Trinajstić information content (AvgIpc) is 2.61. The zero-order valence-corrected chi connectivity index (χ0v) is 9.70. The summed E-state index contributed by atoms with van der Waals surface area (Å²) in [6.45, 7) is 1.41. The Bertz CT molecular complexity index is 282. The Balaban J connectivity index is 2.52. The molecule has 1 fully saturated rings. The first kappa shape index (κ1) is 14.2. The van der Waals surface area contributed by atoms with Crippen LogP contribution in [-0.4, -0.2) is 54.5 Å². The molecule has 0 bridgehead atoms. The summed E-state index contributed by atoms with van der Waals surface area (Å²) in [5, 5.41) is 8.86. The molecule has 0 aromatic rings. The number of aliphatic hydroxyl groups excluding tert-OH is 1. The van der Waals surface area contributed by atoms with Gasteiger partial charge >= 0.3 is 6.18 Å². The zero-order valence-electron chi connectivity index (χ0n) is 9.70. The van der Waals surface area contributed by atoms with Crippen LogP contribution in [0.15, 0.2) is 0 Å². The van der Waals surface area contributed by atoms with E-state index in [2.05, 4.69) is 0 Å². The van der Waals surface area contributed by atoms with Crippen LogP contribution in [0.2, 0.25) is 0 Å². The summed E-state index contributed by atoms with van der Waals surface area (Å²) in [6.07, 6.45) is -6.99. The second-order valence-electron chi connectivity index (χ2n) is 4.25. The molecule has 0 aliphatic carbocycles. The van der Waals surface area contributed by atoms with Gasteiger partial charge in [0, 0.05) is 13.7 Å². The number of hydrogen-bond acceptors (Lipinski definition) is 3. The van der Waals surface area contributed by atoms with Gasteiger partial charge in [0.25, 0.3) is 0 Å². The largest absolute Gasteiger partial charge is 0.416 e. The van der Waals surface area contributed by atoms with E-state index in [1.165, 1.54) is 7.05 Å². The van der Waals surface area contributed by atoms with Crippen molar-refractivity contribution in [3.63, 3.8) is 0 Å². The Morgan fingerprint density at radius 2 is 2.18 bits per heavy atom. The molecule has 17 heavy (non-hydrogen) atoms. The lowest BCUT2D eigenvalue weighted by atomic mass is 10.0. The molecule has 1 amide bonds. The molecule has 1 aliphatic heterocycles. The highest BCUT2D eigenvalue weighted by Crippen LogP contribution is 2.24. The van der Waals surface area contributed by atoms with Crippen molar-refractivity contribution in [2.24, 2.45) is 5.92 Å². The number of aliphatic hydroxyl groups is 1. The summed E-state index contributed by atoms with van der Waals surface area (Å²) < 4.78 is 41.5. The summed E-state index contributed by atoms with van der Waals surface area (Å²) in [6, 6.07) is 0. The molecule has 0 aromatic carbocycles. The first-order valence-electron chi connectivity index (χ1n) is 5.35. The fourth-order valence-corrected chi connectivity index (χ4v) is 1.79. The van der Waals surface area contributed by atoms with Gasteiger partial charge in [0.15, 0.2) is 6.10 Å². The number of carbonyl (C=O) groups is 1. The van der Waals surface area contributed by atoms with Crippen molar-refractivity contribution in [2.45, 2.75) is 31.7 Å². The molecule has 0 saturated carbocycles. The highest BCUT2D eigenvalue weighted by molar-refractivity contribution is 5.79. The van der Waals surface area contributed by atoms with E-state index in [1.54, 1.807) is 6.92 Å². The lowest BCUT2D eigenvalue weighted by Gasteiger charge is -2.25. The molecule has 7 heteroatoms. The van der Waals surface area contributed by atoms with Crippen molar-refractivity contribution in [2.75, 3.05) is 20.2 Å². The molecule has 3 atom stereocenters. The number of amides is 1. The van der Waals surface area contributed by atoms with Gasteiger partial charge in [-0.15, -0.1) is 0 Å². The van der Waals surface area contributed by atoms with Crippen molar-refractivity contribution < 1.29 is 27.8 Å². The smallest absolute Gasteiger partial charge is 0.382 e. The molecular weight excluding hydrogens is 239 g/mol. The highest BCUT2D eigenvalue weighted by Gasteiger charge is 2.41. The quantitative estimate of drug-likeness (QED) is 0.811. The summed E-state index contributed by atoms with van der Waals surface area (Å²) in [4.78, 5) is 12.7. The molecule has 1 saturated heterocycles. The fourth-order valence-electron chi connectivity index (χ4n) is 1.79. The first-order valence-corrected chi connectivity index (χ1v) is 5.35. The van der Waals surface area contributed by atoms with Crippen LogP contribution in [0.3, 0.4) is 0 Å². The monoisotopic (exact) mass is 255 g/mol. The van der Waals surface area contributed by atoms with Gasteiger partial charge in [-0.2, -0.15) is 13.2 Å². The molecule has 1 aliphatic rings. The van der Waals surface area contributed by atoms with Gasteiger partial charge in [-0.3, -0.25) is 4.79 Å². The maximum atomic E-state index is 12.1. The van der Waals surface area contributed by atoms with Gasteiger partial charge in [0.2, 0.25) is 5.91 Å². The van der Waals surface area contributed by atoms with E-state index in [9.17, 15) is 18.0 Å². The Labute approximate surface area is 97.3 Å². The van der Waals surface area contributed by atoms with Gasteiger partial charge in [0.1, 0.15) is 0 Å². The Hall–Kier alpha value is -0.820. The molecule has 1 heterocycles. The van der Waals surface area contributed by atoms with Crippen LogP contribution in [0.25, 0.3) is 0 Å². The van der Waals surface area contributed by atoms with Crippen LogP contribution in [0, 0.1) is 5.92 Å². The summed E-state index contributed by atoms with van der Waals surface area (Å²) in [5.74, 6) is -0.835. The second-order valence-corrected chi connectivity index (χ2v) is 4.25. The van der Waals surface area contributed by atoms with Crippen molar-refractivity contribution in [1.82, 2.24) is 4.90 Å². The van der Waals surface area contributed by atoms with Crippen molar-refractivity contribution in [1.29, 1.82) is 0 Å². The lowest BCUT2D eigenvalue weighted by Crippen LogP contribution is -2.44. The van der Waals surface area contributed by atoms with Crippen LogP contribution in [0.1, 0.15) is 13.3 Å². The number of nitrogens with zero attached hydrogens (tertiary/aromatic N) is 1. The number of hydrogen-bond donors (Lipinski definition) is 1. The third-order valence-electron chi connectivity index (χ3n) is 2.89. The molecule has 4 nitrogen and oxygen atoms in total. The van der Waals surface area contributed by atoms with E-state index in [-0.39, 0.29) is 6.10 Å². The van der Waals surface area contributed by atoms with Crippen LogP contribution in [-0.2, 0) is 9.53 Å². The Morgan fingerprint density at radius 3 is 2.59 bits per heavy atom. The number of halogens is 3. The molecule has 1 rings (SSSR count). The number of rotatable bonds is 3. The van der Waals surface area contributed by atoms with Crippen LogP contribution in [0.5, 0.6) is 0 Å². The summed E-state index contributed by atoms with van der Waals surface area (Å²) in [5.41, 5.74) is 0. The maximum Gasteiger partial charge on any atom is 0.416 e. The third-order valence-corrected chi connectivity index (χ3v) is 2.89. The van der Waals surface area contributed by atoms with Crippen LogP contribution >= 0.6 is 0 Å². The number of ether oxygens (including phenoxy) is 1. The van der Waals surface area contributed by atoms with E-state index in [0.29, 0.717) is 13.0 Å². The first-order chi connectivity index (χ1) is 7.73.